The SMILES string of the molecule is CCCN(CC)CCCc1ccc(N)cc1. The summed E-state index contributed by atoms with van der Waals surface area (Å²) in [7, 11) is 0. The van der Waals surface area contributed by atoms with E-state index in [1.165, 1.54) is 31.5 Å². The van der Waals surface area contributed by atoms with Crippen molar-refractivity contribution in [2.24, 2.45) is 0 Å². The average Bonchev–Trinajstić information content (AvgIpc) is 2.30. The first-order valence-corrected chi connectivity index (χ1v) is 6.33. The number of benzene rings is 1. The Bertz CT molecular complexity index is 279. The van der Waals surface area contributed by atoms with Crippen molar-refractivity contribution in [3.05, 3.63) is 29.8 Å². The van der Waals surface area contributed by atoms with Gasteiger partial charge in [0.2, 0.25) is 0 Å². The molecule has 1 aromatic carbocycles. The van der Waals surface area contributed by atoms with Crippen LogP contribution in [0.5, 0.6) is 0 Å². The van der Waals surface area contributed by atoms with Gasteiger partial charge in [-0.15, -0.1) is 0 Å². The van der Waals surface area contributed by atoms with Crippen molar-refractivity contribution in [2.45, 2.75) is 33.1 Å². The third-order valence-electron chi connectivity index (χ3n) is 2.91. The Labute approximate surface area is 99.5 Å². The molecule has 0 radical (unpaired) electrons. The molecule has 0 saturated carbocycles. The van der Waals surface area contributed by atoms with Crippen LogP contribution in [0.1, 0.15) is 32.3 Å². The van der Waals surface area contributed by atoms with Crippen LogP contribution < -0.4 is 5.73 Å². The van der Waals surface area contributed by atoms with E-state index in [1.807, 2.05) is 12.1 Å². The quantitative estimate of drug-likeness (QED) is 0.716. The molecule has 0 aliphatic carbocycles. The molecule has 0 spiro atoms. The van der Waals surface area contributed by atoms with Crippen LogP contribution in [0.3, 0.4) is 0 Å². The van der Waals surface area contributed by atoms with E-state index in [1.54, 1.807) is 0 Å². The third kappa shape index (κ3) is 4.67. The first kappa shape index (κ1) is 13.0. The Morgan fingerprint density at radius 3 is 2.31 bits per heavy atom. The fourth-order valence-corrected chi connectivity index (χ4v) is 1.94. The molecule has 0 heterocycles. The van der Waals surface area contributed by atoms with Gasteiger partial charge in [0.05, 0.1) is 0 Å². The molecule has 2 nitrogen and oxygen atoms in total. The van der Waals surface area contributed by atoms with Gasteiger partial charge in [-0.3, -0.25) is 0 Å². The molecule has 0 fully saturated rings. The average molecular weight is 220 g/mol. The summed E-state index contributed by atoms with van der Waals surface area (Å²) in [6.45, 7) is 8.06. The fourth-order valence-electron chi connectivity index (χ4n) is 1.94. The van der Waals surface area contributed by atoms with E-state index in [-0.39, 0.29) is 0 Å². The van der Waals surface area contributed by atoms with Gasteiger partial charge < -0.3 is 10.6 Å². The highest BCUT2D eigenvalue weighted by Gasteiger charge is 2.00. The number of anilines is 1. The molecule has 0 aliphatic heterocycles. The van der Waals surface area contributed by atoms with Crippen LogP contribution in [0.2, 0.25) is 0 Å². The van der Waals surface area contributed by atoms with E-state index < -0.39 is 0 Å². The molecule has 0 amide bonds. The Hall–Kier alpha value is -1.02. The predicted molar refractivity (Wildman–Crippen MR) is 71.6 cm³/mol. The summed E-state index contributed by atoms with van der Waals surface area (Å²) in [5.74, 6) is 0. The van der Waals surface area contributed by atoms with E-state index >= 15 is 0 Å². The molecule has 0 aromatic heterocycles. The van der Waals surface area contributed by atoms with E-state index in [0.29, 0.717) is 0 Å². The van der Waals surface area contributed by atoms with Gasteiger partial charge in [-0.05, 0) is 56.6 Å². The number of rotatable bonds is 7. The lowest BCUT2D eigenvalue weighted by atomic mass is 10.1. The van der Waals surface area contributed by atoms with Crippen molar-refractivity contribution in [3.63, 3.8) is 0 Å². The number of hydrogen-bond acceptors (Lipinski definition) is 2. The number of hydrogen-bond donors (Lipinski definition) is 1. The smallest absolute Gasteiger partial charge is 0.0314 e. The van der Waals surface area contributed by atoms with E-state index in [4.69, 9.17) is 5.73 Å². The van der Waals surface area contributed by atoms with Crippen molar-refractivity contribution in [1.82, 2.24) is 4.90 Å². The Balaban J connectivity index is 2.26. The summed E-state index contributed by atoms with van der Waals surface area (Å²) >= 11 is 0. The van der Waals surface area contributed by atoms with Gasteiger partial charge in [0.15, 0.2) is 0 Å². The zero-order chi connectivity index (χ0) is 11.8. The van der Waals surface area contributed by atoms with E-state index in [2.05, 4.69) is 30.9 Å². The highest BCUT2D eigenvalue weighted by atomic mass is 15.1. The Morgan fingerprint density at radius 2 is 1.75 bits per heavy atom. The maximum atomic E-state index is 5.66. The van der Waals surface area contributed by atoms with Gasteiger partial charge in [0.25, 0.3) is 0 Å². The first-order valence-electron chi connectivity index (χ1n) is 6.33. The second-order valence-corrected chi connectivity index (χ2v) is 4.28. The molecule has 0 bridgehead atoms. The molecule has 0 unspecified atom stereocenters. The van der Waals surface area contributed by atoms with Gasteiger partial charge in [0, 0.05) is 5.69 Å². The molecule has 90 valence electrons. The van der Waals surface area contributed by atoms with Crippen LogP contribution >= 0.6 is 0 Å². The van der Waals surface area contributed by atoms with Crippen LogP contribution in [0, 0.1) is 0 Å². The topological polar surface area (TPSA) is 29.3 Å². The van der Waals surface area contributed by atoms with Crippen LogP contribution in [-0.4, -0.2) is 24.5 Å². The predicted octanol–water partition coefficient (Wildman–Crippen LogP) is 2.93. The Kier molecular flexibility index (Phi) is 5.94. The van der Waals surface area contributed by atoms with Crippen molar-refractivity contribution in [3.8, 4) is 0 Å². The van der Waals surface area contributed by atoms with Crippen molar-refractivity contribution in [2.75, 3.05) is 25.4 Å². The monoisotopic (exact) mass is 220 g/mol. The second-order valence-electron chi connectivity index (χ2n) is 4.28. The molecular weight excluding hydrogens is 196 g/mol. The molecule has 2 N–H and O–H groups in total. The van der Waals surface area contributed by atoms with Gasteiger partial charge in [-0.25, -0.2) is 0 Å². The van der Waals surface area contributed by atoms with E-state index in [0.717, 1.165) is 18.7 Å². The molecular formula is C14H24N2. The summed E-state index contributed by atoms with van der Waals surface area (Å²) in [5, 5.41) is 0. The minimum absolute atomic E-state index is 0.852. The maximum absolute atomic E-state index is 5.66. The molecule has 1 aromatic rings. The van der Waals surface area contributed by atoms with Crippen LogP contribution in [0.15, 0.2) is 24.3 Å². The number of nitrogen functional groups attached to an aromatic ring is 1. The number of nitrogens with zero attached hydrogens (tertiary/aromatic N) is 1. The lowest BCUT2D eigenvalue weighted by molar-refractivity contribution is 0.285. The molecule has 1 rings (SSSR count). The lowest BCUT2D eigenvalue weighted by Gasteiger charge is -2.19. The molecule has 0 aliphatic rings. The Morgan fingerprint density at radius 1 is 1.06 bits per heavy atom. The van der Waals surface area contributed by atoms with Gasteiger partial charge >= 0.3 is 0 Å². The fraction of sp³-hybridized carbons (Fsp3) is 0.571. The van der Waals surface area contributed by atoms with Gasteiger partial charge in [-0.1, -0.05) is 26.0 Å². The molecule has 2 heteroatoms. The third-order valence-corrected chi connectivity index (χ3v) is 2.91. The summed E-state index contributed by atoms with van der Waals surface area (Å²) in [5.41, 5.74) is 7.90. The minimum Gasteiger partial charge on any atom is -0.399 e. The number of aryl methyl sites for hydroxylation is 1. The van der Waals surface area contributed by atoms with Crippen molar-refractivity contribution in [1.29, 1.82) is 0 Å². The van der Waals surface area contributed by atoms with Crippen molar-refractivity contribution >= 4 is 5.69 Å². The van der Waals surface area contributed by atoms with Crippen LogP contribution in [-0.2, 0) is 6.42 Å². The second kappa shape index (κ2) is 7.29. The zero-order valence-corrected chi connectivity index (χ0v) is 10.6. The highest BCUT2D eigenvalue weighted by molar-refractivity contribution is 5.39. The van der Waals surface area contributed by atoms with Gasteiger partial charge in [-0.2, -0.15) is 0 Å². The lowest BCUT2D eigenvalue weighted by Crippen LogP contribution is -2.25. The number of nitrogens with two attached hydrogens (primary N) is 1. The van der Waals surface area contributed by atoms with Crippen LogP contribution in [0.4, 0.5) is 5.69 Å². The normalized spacial score (nSPS) is 10.9. The summed E-state index contributed by atoms with van der Waals surface area (Å²) in [4.78, 5) is 2.51. The van der Waals surface area contributed by atoms with E-state index in [9.17, 15) is 0 Å². The molecule has 16 heavy (non-hydrogen) atoms. The largest absolute Gasteiger partial charge is 0.399 e. The minimum atomic E-state index is 0.852. The zero-order valence-electron chi connectivity index (χ0n) is 10.6. The molecule has 0 saturated heterocycles. The first-order chi connectivity index (χ1) is 7.76. The standard InChI is InChI=1S/C14H24N2/c1-3-11-16(4-2)12-5-6-13-7-9-14(15)10-8-13/h7-10H,3-6,11-12,15H2,1-2H3. The summed E-state index contributed by atoms with van der Waals surface area (Å²) in [6, 6.07) is 8.23. The summed E-state index contributed by atoms with van der Waals surface area (Å²) in [6.07, 6.45) is 3.63. The summed E-state index contributed by atoms with van der Waals surface area (Å²) < 4.78 is 0. The maximum Gasteiger partial charge on any atom is 0.0314 e. The highest BCUT2D eigenvalue weighted by Crippen LogP contribution is 2.08. The van der Waals surface area contributed by atoms with Crippen molar-refractivity contribution < 1.29 is 0 Å². The van der Waals surface area contributed by atoms with Gasteiger partial charge in [0.1, 0.15) is 0 Å². The van der Waals surface area contributed by atoms with Crippen LogP contribution in [0.25, 0.3) is 0 Å². The molecule has 0 atom stereocenters.